The summed E-state index contributed by atoms with van der Waals surface area (Å²) in [6, 6.07) is 7.50. The van der Waals surface area contributed by atoms with Crippen LogP contribution in [0.2, 0.25) is 5.02 Å². The highest BCUT2D eigenvalue weighted by Crippen LogP contribution is 2.24. The van der Waals surface area contributed by atoms with Gasteiger partial charge in [0.15, 0.2) is 0 Å². The molecule has 1 unspecified atom stereocenters. The lowest BCUT2D eigenvalue weighted by Gasteiger charge is -2.11. The minimum absolute atomic E-state index is 0. The van der Waals surface area contributed by atoms with Gasteiger partial charge in [0.05, 0.1) is 5.25 Å². The van der Waals surface area contributed by atoms with Gasteiger partial charge in [-0.15, -0.1) is 24.2 Å². The lowest BCUT2D eigenvalue weighted by molar-refractivity contribution is -0.120. The molecule has 1 amide bonds. The summed E-state index contributed by atoms with van der Waals surface area (Å²) in [5, 5.41) is 6.45. The molecule has 18 heavy (non-hydrogen) atoms. The topological polar surface area (TPSA) is 41.1 Å². The van der Waals surface area contributed by atoms with Crippen LogP contribution < -0.4 is 10.6 Å². The van der Waals surface area contributed by atoms with Crippen LogP contribution in [0, 0.1) is 0 Å². The van der Waals surface area contributed by atoms with Crippen molar-refractivity contribution in [2.75, 3.05) is 20.1 Å². The Hall–Kier alpha value is -0.420. The first kappa shape index (κ1) is 17.6. The third-order valence-electron chi connectivity index (χ3n) is 2.17. The summed E-state index contributed by atoms with van der Waals surface area (Å²) in [7, 11) is 1.86. The Morgan fingerprint density at radius 2 is 1.94 bits per heavy atom. The largest absolute Gasteiger partial charge is 0.354 e. The van der Waals surface area contributed by atoms with Gasteiger partial charge in [-0.2, -0.15) is 0 Å². The molecule has 0 aliphatic heterocycles. The van der Waals surface area contributed by atoms with Crippen molar-refractivity contribution < 1.29 is 4.79 Å². The maximum atomic E-state index is 11.7. The van der Waals surface area contributed by atoms with Gasteiger partial charge in [0.1, 0.15) is 0 Å². The van der Waals surface area contributed by atoms with Gasteiger partial charge < -0.3 is 10.6 Å². The predicted molar refractivity (Wildman–Crippen MR) is 81.0 cm³/mol. The molecule has 0 radical (unpaired) electrons. The molecule has 3 nitrogen and oxygen atoms in total. The highest BCUT2D eigenvalue weighted by atomic mass is 35.5. The van der Waals surface area contributed by atoms with Crippen LogP contribution in [-0.4, -0.2) is 31.3 Å². The van der Waals surface area contributed by atoms with E-state index in [1.54, 1.807) is 0 Å². The number of hydrogen-bond acceptors (Lipinski definition) is 3. The molecule has 0 bridgehead atoms. The zero-order valence-corrected chi connectivity index (χ0v) is 12.8. The molecule has 1 rings (SSSR count). The van der Waals surface area contributed by atoms with Crippen LogP contribution in [0.3, 0.4) is 0 Å². The summed E-state index contributed by atoms with van der Waals surface area (Å²) >= 11 is 7.33. The van der Waals surface area contributed by atoms with E-state index in [9.17, 15) is 4.79 Å². The molecule has 6 heteroatoms. The lowest BCUT2D eigenvalue weighted by atomic mass is 10.4. The van der Waals surface area contributed by atoms with E-state index in [-0.39, 0.29) is 23.6 Å². The van der Waals surface area contributed by atoms with Gasteiger partial charge in [0.2, 0.25) is 5.91 Å². The van der Waals surface area contributed by atoms with E-state index >= 15 is 0 Å². The number of nitrogens with one attached hydrogen (secondary N) is 2. The van der Waals surface area contributed by atoms with Crippen molar-refractivity contribution >= 4 is 41.7 Å². The lowest BCUT2D eigenvalue weighted by Crippen LogP contribution is -2.35. The fourth-order valence-corrected chi connectivity index (χ4v) is 2.24. The number of carbonyl (C=O) groups excluding carboxylic acids is 1. The second-order valence-corrected chi connectivity index (χ2v) is 5.46. The van der Waals surface area contributed by atoms with Crippen LogP contribution in [0.15, 0.2) is 29.2 Å². The van der Waals surface area contributed by atoms with Crippen molar-refractivity contribution in [1.82, 2.24) is 10.6 Å². The molecule has 0 fully saturated rings. The second kappa shape index (κ2) is 9.50. The average molecular weight is 309 g/mol. The third kappa shape index (κ3) is 6.50. The summed E-state index contributed by atoms with van der Waals surface area (Å²) in [5.74, 6) is 0.0557. The Morgan fingerprint density at radius 1 is 1.33 bits per heavy atom. The van der Waals surface area contributed by atoms with E-state index in [0.717, 1.165) is 11.4 Å². The SMILES string of the molecule is CNCCNC(=O)C(C)Sc1ccc(Cl)cc1.Cl. The number of benzene rings is 1. The summed E-state index contributed by atoms with van der Waals surface area (Å²) < 4.78 is 0. The summed E-state index contributed by atoms with van der Waals surface area (Å²) in [4.78, 5) is 12.8. The van der Waals surface area contributed by atoms with Crippen LogP contribution in [0.4, 0.5) is 0 Å². The number of rotatable bonds is 6. The Kier molecular flexibility index (Phi) is 9.28. The standard InChI is InChI=1S/C12H17ClN2OS.ClH/c1-9(12(16)15-8-7-14-2)17-11-5-3-10(13)4-6-11;/h3-6,9,14H,7-8H2,1-2H3,(H,15,16);1H. The van der Waals surface area contributed by atoms with Crippen molar-refractivity contribution in [2.45, 2.75) is 17.1 Å². The quantitative estimate of drug-likeness (QED) is 0.627. The normalized spacial score (nSPS) is 11.5. The van der Waals surface area contributed by atoms with Crippen molar-refractivity contribution in [1.29, 1.82) is 0 Å². The van der Waals surface area contributed by atoms with Gasteiger partial charge in [-0.1, -0.05) is 11.6 Å². The molecular weight excluding hydrogens is 291 g/mol. The number of amides is 1. The number of hydrogen-bond donors (Lipinski definition) is 2. The van der Waals surface area contributed by atoms with Gasteiger partial charge in [-0.05, 0) is 38.2 Å². The summed E-state index contributed by atoms with van der Waals surface area (Å²) in [5.41, 5.74) is 0. The van der Waals surface area contributed by atoms with Gasteiger partial charge in [0, 0.05) is 23.0 Å². The molecule has 2 N–H and O–H groups in total. The molecular formula is C12H18Cl2N2OS. The summed E-state index contributed by atoms with van der Waals surface area (Å²) in [6.07, 6.45) is 0. The number of halogens is 2. The molecule has 1 atom stereocenters. The molecule has 102 valence electrons. The van der Waals surface area contributed by atoms with Crippen LogP contribution in [0.1, 0.15) is 6.92 Å². The summed E-state index contributed by atoms with van der Waals surface area (Å²) in [6.45, 7) is 3.33. The zero-order chi connectivity index (χ0) is 12.7. The molecule has 0 spiro atoms. The predicted octanol–water partition coefficient (Wildman–Crippen LogP) is 2.58. The number of likely N-dealkylation sites (N-methyl/N-ethyl adjacent to an activating group) is 1. The minimum atomic E-state index is -0.104. The van der Waals surface area contributed by atoms with Gasteiger partial charge in [-0.3, -0.25) is 4.79 Å². The molecule has 0 aromatic heterocycles. The third-order valence-corrected chi connectivity index (χ3v) is 3.53. The van der Waals surface area contributed by atoms with Crippen LogP contribution in [0.5, 0.6) is 0 Å². The monoisotopic (exact) mass is 308 g/mol. The fraction of sp³-hybridized carbons (Fsp3) is 0.417. The van der Waals surface area contributed by atoms with Crippen molar-refractivity contribution in [3.63, 3.8) is 0 Å². The average Bonchev–Trinajstić information content (AvgIpc) is 2.32. The second-order valence-electron chi connectivity index (χ2n) is 3.61. The molecule has 1 aromatic rings. The van der Waals surface area contributed by atoms with E-state index in [2.05, 4.69) is 10.6 Å². The minimum Gasteiger partial charge on any atom is -0.354 e. The molecule has 0 aliphatic rings. The molecule has 0 saturated heterocycles. The maximum Gasteiger partial charge on any atom is 0.233 e. The van der Waals surface area contributed by atoms with Crippen LogP contribution in [-0.2, 0) is 4.79 Å². The smallest absolute Gasteiger partial charge is 0.233 e. The van der Waals surface area contributed by atoms with Crippen molar-refractivity contribution in [3.8, 4) is 0 Å². The zero-order valence-electron chi connectivity index (χ0n) is 10.4. The first-order valence-electron chi connectivity index (χ1n) is 5.48. The molecule has 0 aliphatic carbocycles. The molecule has 1 aromatic carbocycles. The van der Waals surface area contributed by atoms with Crippen LogP contribution in [0.25, 0.3) is 0 Å². The Morgan fingerprint density at radius 3 is 2.50 bits per heavy atom. The number of carbonyl (C=O) groups is 1. The molecule has 0 heterocycles. The highest BCUT2D eigenvalue weighted by molar-refractivity contribution is 8.00. The van der Waals surface area contributed by atoms with E-state index in [0.29, 0.717) is 11.6 Å². The van der Waals surface area contributed by atoms with E-state index in [1.165, 1.54) is 11.8 Å². The van der Waals surface area contributed by atoms with Gasteiger partial charge in [-0.25, -0.2) is 0 Å². The maximum absolute atomic E-state index is 11.7. The van der Waals surface area contributed by atoms with E-state index < -0.39 is 0 Å². The Bertz CT molecular complexity index is 360. The Balaban J connectivity index is 0.00000289. The number of thioether (sulfide) groups is 1. The van der Waals surface area contributed by atoms with Gasteiger partial charge >= 0.3 is 0 Å². The van der Waals surface area contributed by atoms with Crippen molar-refractivity contribution in [2.24, 2.45) is 0 Å². The van der Waals surface area contributed by atoms with E-state index in [4.69, 9.17) is 11.6 Å². The highest BCUT2D eigenvalue weighted by Gasteiger charge is 2.13. The Labute approximate surface area is 123 Å². The van der Waals surface area contributed by atoms with Crippen LogP contribution >= 0.6 is 35.8 Å². The van der Waals surface area contributed by atoms with E-state index in [1.807, 2.05) is 38.2 Å². The van der Waals surface area contributed by atoms with Crippen molar-refractivity contribution in [3.05, 3.63) is 29.3 Å². The molecule has 0 saturated carbocycles. The first-order valence-corrected chi connectivity index (χ1v) is 6.74. The van der Waals surface area contributed by atoms with Gasteiger partial charge in [0.25, 0.3) is 0 Å². The first-order chi connectivity index (χ1) is 8.13. The fourth-order valence-electron chi connectivity index (χ4n) is 1.23.